The van der Waals surface area contributed by atoms with Gasteiger partial charge in [-0.25, -0.2) is 4.68 Å². The van der Waals surface area contributed by atoms with Crippen molar-refractivity contribution in [1.29, 1.82) is 0 Å². The first-order valence-corrected chi connectivity index (χ1v) is 9.30. The molecule has 2 heterocycles. The molecule has 1 amide bonds. The molecule has 1 aliphatic rings. The number of halogens is 1. The number of aromatic nitrogens is 2. The Morgan fingerprint density at radius 1 is 1.21 bits per heavy atom. The van der Waals surface area contributed by atoms with Crippen LogP contribution in [0, 0.1) is 6.92 Å². The molecule has 0 radical (unpaired) electrons. The summed E-state index contributed by atoms with van der Waals surface area (Å²) in [4.78, 5) is 25.3. The second-order valence-electron chi connectivity index (χ2n) is 6.59. The van der Waals surface area contributed by atoms with Crippen LogP contribution in [0.5, 0.6) is 5.75 Å². The van der Waals surface area contributed by atoms with Crippen molar-refractivity contribution in [3.63, 3.8) is 0 Å². The van der Waals surface area contributed by atoms with Crippen LogP contribution in [0.15, 0.2) is 59.4 Å². The molecular weight excluding hydrogens is 378 g/mol. The van der Waals surface area contributed by atoms with Crippen molar-refractivity contribution in [2.24, 2.45) is 0 Å². The summed E-state index contributed by atoms with van der Waals surface area (Å²) in [6.07, 6.45) is 0.625. The Kier molecular flexibility index (Phi) is 4.88. The molecular formula is C21H18ClN3O3. The molecule has 1 N–H and O–H groups in total. The Hall–Kier alpha value is -3.12. The number of para-hydroxylation sites is 1. The van der Waals surface area contributed by atoms with Gasteiger partial charge in [-0.05, 0) is 37.3 Å². The molecule has 0 fully saturated rings. The number of rotatable bonds is 3. The number of benzene rings is 2. The van der Waals surface area contributed by atoms with E-state index in [0.29, 0.717) is 29.4 Å². The zero-order chi connectivity index (χ0) is 19.7. The number of hydrogen-bond donors (Lipinski definition) is 1. The van der Waals surface area contributed by atoms with Crippen LogP contribution in [-0.4, -0.2) is 22.3 Å². The van der Waals surface area contributed by atoms with Gasteiger partial charge in [-0.3, -0.25) is 9.59 Å². The average molecular weight is 396 g/mol. The number of hydrogen-bond acceptors (Lipinski definition) is 4. The first kappa shape index (κ1) is 18.3. The van der Waals surface area contributed by atoms with Crippen LogP contribution in [0.3, 0.4) is 0 Å². The molecule has 2 aromatic carbocycles. The summed E-state index contributed by atoms with van der Waals surface area (Å²) < 4.78 is 7.18. The maximum Gasteiger partial charge on any atom is 0.276 e. The second-order valence-corrected chi connectivity index (χ2v) is 7.02. The fraction of sp³-hybridized carbons (Fsp3) is 0.190. The average Bonchev–Trinajstić information content (AvgIpc) is 2.69. The van der Waals surface area contributed by atoms with Crippen molar-refractivity contribution in [3.8, 4) is 11.4 Å². The molecule has 0 spiro atoms. The van der Waals surface area contributed by atoms with E-state index in [0.717, 1.165) is 11.3 Å². The Morgan fingerprint density at radius 3 is 2.75 bits per heavy atom. The van der Waals surface area contributed by atoms with Crippen LogP contribution in [0.2, 0.25) is 5.02 Å². The van der Waals surface area contributed by atoms with Crippen LogP contribution < -0.4 is 15.5 Å². The van der Waals surface area contributed by atoms with Crippen molar-refractivity contribution in [3.05, 3.63) is 86.8 Å². The zero-order valence-electron chi connectivity index (χ0n) is 15.2. The van der Waals surface area contributed by atoms with Gasteiger partial charge in [0.15, 0.2) is 5.69 Å². The van der Waals surface area contributed by atoms with Gasteiger partial charge < -0.3 is 10.1 Å². The van der Waals surface area contributed by atoms with E-state index in [-0.39, 0.29) is 11.7 Å². The van der Waals surface area contributed by atoms with Crippen LogP contribution in [0.1, 0.15) is 34.2 Å². The van der Waals surface area contributed by atoms with E-state index >= 15 is 0 Å². The zero-order valence-corrected chi connectivity index (χ0v) is 15.9. The molecule has 0 saturated carbocycles. The predicted molar refractivity (Wildman–Crippen MR) is 106 cm³/mol. The number of nitrogens with one attached hydrogen (secondary N) is 1. The van der Waals surface area contributed by atoms with Crippen LogP contribution >= 0.6 is 11.6 Å². The first-order valence-electron chi connectivity index (χ1n) is 8.92. The van der Waals surface area contributed by atoms with E-state index in [1.54, 1.807) is 35.9 Å². The molecule has 4 rings (SSSR count). The molecule has 6 nitrogen and oxygen atoms in total. The lowest BCUT2D eigenvalue weighted by molar-refractivity contribution is 0.0916. The molecule has 0 aliphatic carbocycles. The van der Waals surface area contributed by atoms with Gasteiger partial charge >= 0.3 is 0 Å². The number of fused-ring (bicyclic) bond motifs is 1. The highest BCUT2D eigenvalue weighted by Gasteiger charge is 2.25. The molecule has 0 saturated heterocycles. The molecule has 1 unspecified atom stereocenters. The normalized spacial score (nSPS) is 15.4. The van der Waals surface area contributed by atoms with Gasteiger partial charge in [-0.15, -0.1) is 0 Å². The topological polar surface area (TPSA) is 73.2 Å². The maximum absolute atomic E-state index is 12.8. The van der Waals surface area contributed by atoms with Gasteiger partial charge in [-0.1, -0.05) is 29.8 Å². The van der Waals surface area contributed by atoms with Crippen LogP contribution in [0.25, 0.3) is 5.69 Å². The fourth-order valence-corrected chi connectivity index (χ4v) is 3.39. The Balaban J connectivity index is 1.66. The SMILES string of the molecule is Cc1cc(=O)c(C(=O)NC2CCOc3ccccc32)nn1-c1ccc(Cl)cc1. The van der Waals surface area contributed by atoms with Crippen molar-refractivity contribution in [1.82, 2.24) is 15.1 Å². The minimum atomic E-state index is -0.505. The number of ether oxygens (including phenoxy) is 1. The number of aryl methyl sites for hydroxylation is 1. The summed E-state index contributed by atoms with van der Waals surface area (Å²) in [5.74, 6) is 0.240. The number of carbonyl (C=O) groups excluding carboxylic acids is 1. The third kappa shape index (κ3) is 3.51. The summed E-state index contributed by atoms with van der Waals surface area (Å²) in [5, 5.41) is 7.83. The summed E-state index contributed by atoms with van der Waals surface area (Å²) in [6, 6.07) is 15.8. The molecule has 142 valence electrons. The minimum Gasteiger partial charge on any atom is -0.493 e. The smallest absolute Gasteiger partial charge is 0.276 e. The maximum atomic E-state index is 12.8. The number of amides is 1. The molecule has 0 bridgehead atoms. The highest BCUT2D eigenvalue weighted by atomic mass is 35.5. The third-order valence-corrected chi connectivity index (χ3v) is 4.91. The first-order chi connectivity index (χ1) is 13.5. The lowest BCUT2D eigenvalue weighted by Gasteiger charge is -2.26. The highest BCUT2D eigenvalue weighted by Crippen LogP contribution is 2.31. The predicted octanol–water partition coefficient (Wildman–Crippen LogP) is 3.45. The van der Waals surface area contributed by atoms with Gasteiger partial charge in [0.1, 0.15) is 5.75 Å². The molecule has 7 heteroatoms. The number of nitrogens with zero attached hydrogens (tertiary/aromatic N) is 2. The minimum absolute atomic E-state index is 0.149. The van der Waals surface area contributed by atoms with Gasteiger partial charge in [-0.2, -0.15) is 5.10 Å². The van der Waals surface area contributed by atoms with Crippen LogP contribution in [-0.2, 0) is 0 Å². The summed E-state index contributed by atoms with van der Waals surface area (Å²) in [5.41, 5.74) is 1.67. The monoisotopic (exact) mass is 395 g/mol. The van der Waals surface area contributed by atoms with E-state index in [9.17, 15) is 9.59 Å². The molecule has 28 heavy (non-hydrogen) atoms. The molecule has 3 aromatic rings. The highest BCUT2D eigenvalue weighted by molar-refractivity contribution is 6.30. The van der Waals surface area contributed by atoms with Gasteiger partial charge in [0.2, 0.25) is 5.43 Å². The van der Waals surface area contributed by atoms with Gasteiger partial charge in [0, 0.05) is 28.8 Å². The van der Waals surface area contributed by atoms with Crippen molar-refractivity contribution in [2.45, 2.75) is 19.4 Å². The molecule has 1 aliphatic heterocycles. The second kappa shape index (κ2) is 7.48. The van der Waals surface area contributed by atoms with Crippen LogP contribution in [0.4, 0.5) is 0 Å². The standard InChI is InChI=1S/C21H18ClN3O3/c1-13-12-18(26)20(24-25(13)15-8-6-14(22)7-9-15)21(27)23-17-10-11-28-19-5-3-2-4-16(17)19/h2-9,12,17H,10-11H2,1H3,(H,23,27). The lowest BCUT2D eigenvalue weighted by Crippen LogP contribution is -2.36. The quantitative estimate of drug-likeness (QED) is 0.737. The van der Waals surface area contributed by atoms with Crippen molar-refractivity contribution < 1.29 is 9.53 Å². The van der Waals surface area contributed by atoms with E-state index < -0.39 is 11.3 Å². The summed E-state index contributed by atoms with van der Waals surface area (Å²) >= 11 is 5.94. The van der Waals surface area contributed by atoms with E-state index in [1.165, 1.54) is 6.07 Å². The van der Waals surface area contributed by atoms with Crippen molar-refractivity contribution in [2.75, 3.05) is 6.61 Å². The van der Waals surface area contributed by atoms with E-state index in [4.69, 9.17) is 16.3 Å². The Bertz CT molecular complexity index is 1090. The van der Waals surface area contributed by atoms with Gasteiger partial charge in [0.05, 0.1) is 18.3 Å². The largest absolute Gasteiger partial charge is 0.493 e. The lowest BCUT2D eigenvalue weighted by atomic mass is 10.0. The van der Waals surface area contributed by atoms with E-state index in [2.05, 4.69) is 10.4 Å². The van der Waals surface area contributed by atoms with Crippen molar-refractivity contribution >= 4 is 17.5 Å². The van der Waals surface area contributed by atoms with Gasteiger partial charge in [0.25, 0.3) is 5.91 Å². The Morgan fingerprint density at radius 2 is 1.96 bits per heavy atom. The van der Waals surface area contributed by atoms with E-state index in [1.807, 2.05) is 24.3 Å². The number of carbonyl (C=O) groups is 1. The summed E-state index contributed by atoms with van der Waals surface area (Å²) in [6.45, 7) is 2.26. The molecule has 1 atom stereocenters. The third-order valence-electron chi connectivity index (χ3n) is 4.66. The Labute approximate surface area is 166 Å². The fourth-order valence-electron chi connectivity index (χ4n) is 3.27. The summed E-state index contributed by atoms with van der Waals surface area (Å²) in [7, 11) is 0. The molecule has 1 aromatic heterocycles.